The van der Waals surface area contributed by atoms with Gasteiger partial charge in [-0.05, 0) is 43.9 Å². The van der Waals surface area contributed by atoms with Crippen molar-refractivity contribution < 1.29 is 19.1 Å². The number of carbonyl (C=O) groups excluding carboxylic acids is 2. The van der Waals surface area contributed by atoms with Crippen molar-refractivity contribution >= 4 is 11.8 Å². The molecule has 0 spiro atoms. The minimum atomic E-state index is 0.0215. The molecule has 1 atom stereocenters. The number of rotatable bonds is 5. The van der Waals surface area contributed by atoms with Crippen molar-refractivity contribution in [3.63, 3.8) is 0 Å². The van der Waals surface area contributed by atoms with Crippen LogP contribution in [0.4, 0.5) is 0 Å². The van der Waals surface area contributed by atoms with Crippen molar-refractivity contribution in [1.29, 1.82) is 0 Å². The normalized spacial score (nSPS) is 20.8. The van der Waals surface area contributed by atoms with Crippen molar-refractivity contribution in [3.8, 4) is 11.5 Å². The van der Waals surface area contributed by atoms with E-state index in [2.05, 4.69) is 6.92 Å². The largest absolute Gasteiger partial charge is 0.493 e. The van der Waals surface area contributed by atoms with Crippen molar-refractivity contribution in [1.82, 2.24) is 9.80 Å². The molecule has 1 aromatic carbocycles. The molecule has 0 saturated carbocycles. The summed E-state index contributed by atoms with van der Waals surface area (Å²) in [5.74, 6) is 1.43. The van der Waals surface area contributed by atoms with E-state index in [1.54, 1.807) is 14.0 Å². The molecule has 28 heavy (non-hydrogen) atoms. The van der Waals surface area contributed by atoms with Crippen molar-refractivity contribution in [2.45, 2.75) is 64.5 Å². The molecule has 2 heterocycles. The second kappa shape index (κ2) is 9.30. The summed E-state index contributed by atoms with van der Waals surface area (Å²) in [6, 6.07) is 5.79. The van der Waals surface area contributed by atoms with Gasteiger partial charge in [-0.15, -0.1) is 0 Å². The molecule has 3 rings (SSSR count). The summed E-state index contributed by atoms with van der Waals surface area (Å²) in [5, 5.41) is 0. The van der Waals surface area contributed by atoms with Crippen LogP contribution in [0.15, 0.2) is 18.2 Å². The van der Waals surface area contributed by atoms with E-state index in [0.717, 1.165) is 38.6 Å². The van der Waals surface area contributed by atoms with Gasteiger partial charge in [0.15, 0.2) is 11.5 Å². The zero-order valence-electron chi connectivity index (χ0n) is 17.3. The molecule has 2 saturated heterocycles. The average Bonchev–Trinajstić information content (AvgIpc) is 2.73. The van der Waals surface area contributed by atoms with Gasteiger partial charge >= 0.3 is 0 Å². The summed E-state index contributed by atoms with van der Waals surface area (Å²) in [7, 11) is 1.61. The number of benzene rings is 1. The molecule has 2 aliphatic rings. The molecule has 0 unspecified atom stereocenters. The average molecular weight is 389 g/mol. The van der Waals surface area contributed by atoms with E-state index in [9.17, 15) is 9.59 Å². The third-order valence-electron chi connectivity index (χ3n) is 5.95. The van der Waals surface area contributed by atoms with Gasteiger partial charge in [-0.1, -0.05) is 6.92 Å². The first kappa shape index (κ1) is 20.5. The molecular formula is C22H32N2O4. The first-order valence-electron chi connectivity index (χ1n) is 10.4. The van der Waals surface area contributed by atoms with E-state index >= 15 is 0 Å². The Balaban J connectivity index is 1.73. The molecule has 6 heteroatoms. The number of hydrogen-bond acceptors (Lipinski definition) is 4. The highest BCUT2D eigenvalue weighted by atomic mass is 16.5. The van der Waals surface area contributed by atoms with E-state index < -0.39 is 0 Å². The summed E-state index contributed by atoms with van der Waals surface area (Å²) in [6.07, 6.45) is 5.91. The van der Waals surface area contributed by atoms with Crippen LogP contribution >= 0.6 is 0 Å². The van der Waals surface area contributed by atoms with E-state index in [0.29, 0.717) is 36.2 Å². The predicted octanol–water partition coefficient (Wildman–Crippen LogP) is 3.49. The molecule has 6 nitrogen and oxygen atoms in total. The Hall–Kier alpha value is -2.24. The SMILES string of the molecule is CC[C@@H]1CCCCN1C(=O)c1ccc(OC)c(OC2CCN(C(C)=O)CC2)c1. The van der Waals surface area contributed by atoms with Gasteiger partial charge in [-0.25, -0.2) is 0 Å². The highest BCUT2D eigenvalue weighted by Crippen LogP contribution is 2.32. The molecule has 0 radical (unpaired) electrons. The van der Waals surface area contributed by atoms with E-state index in [1.807, 2.05) is 28.0 Å². The van der Waals surface area contributed by atoms with Crippen LogP contribution in [0, 0.1) is 0 Å². The summed E-state index contributed by atoms with van der Waals surface area (Å²) in [4.78, 5) is 28.5. The lowest BCUT2D eigenvalue weighted by Crippen LogP contribution is -2.43. The standard InChI is InChI=1S/C22H32N2O4/c1-4-18-7-5-6-12-24(18)22(26)17-8-9-20(27-3)21(15-17)28-19-10-13-23(14-11-19)16(2)25/h8-9,15,18-19H,4-7,10-14H2,1-3H3/t18-/m1/s1. The smallest absolute Gasteiger partial charge is 0.254 e. The third kappa shape index (κ3) is 4.59. The first-order valence-corrected chi connectivity index (χ1v) is 10.4. The second-order valence-electron chi connectivity index (χ2n) is 7.75. The number of ether oxygens (including phenoxy) is 2. The molecule has 0 bridgehead atoms. The molecule has 154 valence electrons. The highest BCUT2D eigenvalue weighted by Gasteiger charge is 2.28. The topological polar surface area (TPSA) is 59.1 Å². The number of nitrogens with zero attached hydrogens (tertiary/aromatic N) is 2. The van der Waals surface area contributed by atoms with Crippen LogP contribution in [0.2, 0.25) is 0 Å². The Morgan fingerprint density at radius 3 is 2.46 bits per heavy atom. The van der Waals surface area contributed by atoms with Gasteiger partial charge in [-0.2, -0.15) is 0 Å². The zero-order chi connectivity index (χ0) is 20.1. The van der Waals surface area contributed by atoms with Gasteiger partial charge in [0.05, 0.1) is 7.11 Å². The Bertz CT molecular complexity index is 698. The van der Waals surface area contributed by atoms with Crippen LogP contribution in [0.3, 0.4) is 0 Å². The summed E-state index contributed by atoms with van der Waals surface area (Å²) in [5.41, 5.74) is 0.650. The summed E-state index contributed by atoms with van der Waals surface area (Å²) >= 11 is 0. The molecule has 0 N–H and O–H groups in total. The van der Waals surface area contributed by atoms with Crippen LogP contribution in [0.25, 0.3) is 0 Å². The van der Waals surface area contributed by atoms with Gasteiger partial charge in [0.1, 0.15) is 6.10 Å². The lowest BCUT2D eigenvalue weighted by atomic mass is 9.99. The predicted molar refractivity (Wildman–Crippen MR) is 108 cm³/mol. The minimum Gasteiger partial charge on any atom is -0.493 e. The fourth-order valence-electron chi connectivity index (χ4n) is 4.23. The number of piperidine rings is 2. The molecular weight excluding hydrogens is 356 g/mol. The summed E-state index contributed by atoms with van der Waals surface area (Å²) in [6.45, 7) is 5.97. The zero-order valence-corrected chi connectivity index (χ0v) is 17.3. The van der Waals surface area contributed by atoms with E-state index in [4.69, 9.17) is 9.47 Å². The third-order valence-corrected chi connectivity index (χ3v) is 5.95. The van der Waals surface area contributed by atoms with Crippen LogP contribution < -0.4 is 9.47 Å². The Morgan fingerprint density at radius 2 is 1.82 bits per heavy atom. The second-order valence-corrected chi connectivity index (χ2v) is 7.75. The Kier molecular flexibility index (Phi) is 6.81. The molecule has 2 aliphatic heterocycles. The minimum absolute atomic E-state index is 0.0215. The fourth-order valence-corrected chi connectivity index (χ4v) is 4.23. The number of methoxy groups -OCH3 is 1. The number of hydrogen-bond donors (Lipinski definition) is 0. The molecule has 2 amide bonds. The highest BCUT2D eigenvalue weighted by molar-refractivity contribution is 5.95. The van der Waals surface area contributed by atoms with Crippen molar-refractivity contribution in [2.75, 3.05) is 26.7 Å². The summed E-state index contributed by atoms with van der Waals surface area (Å²) < 4.78 is 11.7. The van der Waals surface area contributed by atoms with E-state index in [1.165, 1.54) is 6.42 Å². The number of carbonyl (C=O) groups is 2. The maximum absolute atomic E-state index is 13.1. The van der Waals surface area contributed by atoms with Gasteiger partial charge < -0.3 is 19.3 Å². The van der Waals surface area contributed by atoms with Crippen LogP contribution in [-0.4, -0.2) is 60.5 Å². The van der Waals surface area contributed by atoms with Crippen LogP contribution in [-0.2, 0) is 4.79 Å². The van der Waals surface area contributed by atoms with E-state index in [-0.39, 0.29) is 17.9 Å². The van der Waals surface area contributed by atoms with Gasteiger partial charge in [-0.3, -0.25) is 9.59 Å². The van der Waals surface area contributed by atoms with Gasteiger partial charge in [0.2, 0.25) is 5.91 Å². The molecule has 0 aromatic heterocycles. The van der Waals surface area contributed by atoms with Crippen molar-refractivity contribution in [3.05, 3.63) is 23.8 Å². The van der Waals surface area contributed by atoms with Gasteiger partial charge in [0.25, 0.3) is 5.91 Å². The number of amides is 2. The van der Waals surface area contributed by atoms with Gasteiger partial charge in [0, 0.05) is 51.0 Å². The molecule has 2 fully saturated rings. The Morgan fingerprint density at radius 1 is 1.07 bits per heavy atom. The molecule has 1 aromatic rings. The first-order chi connectivity index (χ1) is 13.5. The van der Waals surface area contributed by atoms with Crippen LogP contribution in [0.1, 0.15) is 62.7 Å². The van der Waals surface area contributed by atoms with Crippen molar-refractivity contribution in [2.24, 2.45) is 0 Å². The van der Waals surface area contributed by atoms with Crippen LogP contribution in [0.5, 0.6) is 11.5 Å². The maximum Gasteiger partial charge on any atom is 0.254 e. The molecule has 0 aliphatic carbocycles. The number of likely N-dealkylation sites (tertiary alicyclic amines) is 2. The maximum atomic E-state index is 13.1. The fraction of sp³-hybridized carbons (Fsp3) is 0.636. The lowest BCUT2D eigenvalue weighted by Gasteiger charge is -2.35. The quantitative estimate of drug-likeness (QED) is 0.775. The Labute approximate surface area is 167 Å². The lowest BCUT2D eigenvalue weighted by molar-refractivity contribution is -0.130. The monoisotopic (exact) mass is 388 g/mol.